The molecule has 2 aromatic heterocycles. The van der Waals surface area contributed by atoms with Crippen molar-refractivity contribution >= 4 is 57.7 Å². The Labute approximate surface area is 240 Å². The molecule has 9 nitrogen and oxygen atoms in total. The molecular weight excluding hydrogens is 563 g/mol. The number of halogens is 2. The van der Waals surface area contributed by atoms with E-state index in [0.717, 1.165) is 21.5 Å². The van der Waals surface area contributed by atoms with E-state index in [-0.39, 0.29) is 25.0 Å². The van der Waals surface area contributed by atoms with Gasteiger partial charge in [-0.25, -0.2) is 0 Å². The van der Waals surface area contributed by atoms with E-state index in [9.17, 15) is 9.90 Å². The highest BCUT2D eigenvalue weighted by Crippen LogP contribution is 2.34. The lowest BCUT2D eigenvalue weighted by Gasteiger charge is -2.26. The molecule has 4 rings (SSSR count). The van der Waals surface area contributed by atoms with Crippen molar-refractivity contribution in [3.8, 4) is 11.7 Å². The highest BCUT2D eigenvalue weighted by Gasteiger charge is 2.21. The maximum Gasteiger partial charge on any atom is 0.327 e. The van der Waals surface area contributed by atoms with Crippen molar-refractivity contribution in [3.05, 3.63) is 70.8 Å². The van der Waals surface area contributed by atoms with Gasteiger partial charge in [-0.15, -0.1) is 10.2 Å². The summed E-state index contributed by atoms with van der Waals surface area (Å²) in [7, 11) is 0. The third kappa shape index (κ3) is 8.00. The van der Waals surface area contributed by atoms with Crippen LogP contribution in [0.3, 0.4) is 0 Å². The number of fused-ring (bicyclic) bond motifs is 1. The molecule has 4 aromatic rings. The molecule has 0 aliphatic heterocycles. The van der Waals surface area contributed by atoms with Crippen LogP contribution in [0, 0.1) is 0 Å². The van der Waals surface area contributed by atoms with Gasteiger partial charge in [-0.3, -0.25) is 9.36 Å². The predicted octanol–water partition coefficient (Wildman–Crippen LogP) is 5.31. The minimum Gasteiger partial charge on any atom is -0.474 e. The fourth-order valence-electron chi connectivity index (χ4n) is 3.61. The summed E-state index contributed by atoms with van der Waals surface area (Å²) in [4.78, 5) is 13.5. The van der Waals surface area contributed by atoms with Crippen molar-refractivity contribution < 1.29 is 24.5 Å². The van der Waals surface area contributed by atoms with E-state index in [1.165, 1.54) is 11.9 Å². The Bertz CT molecular complexity index is 1420. The topological polar surface area (TPSA) is 110 Å². The molecule has 39 heavy (non-hydrogen) atoms. The van der Waals surface area contributed by atoms with E-state index in [2.05, 4.69) is 10.2 Å². The van der Waals surface area contributed by atoms with Gasteiger partial charge in [-0.05, 0) is 81.3 Å². The number of carbonyl (C=O) groups is 1. The monoisotopic (exact) mass is 590 g/mol. The number of aliphatic hydroxyl groups is 2. The van der Waals surface area contributed by atoms with Crippen molar-refractivity contribution in [1.29, 1.82) is 0 Å². The molecule has 0 aliphatic carbocycles. The van der Waals surface area contributed by atoms with Crippen molar-refractivity contribution in [3.63, 3.8) is 0 Å². The van der Waals surface area contributed by atoms with Gasteiger partial charge >= 0.3 is 5.97 Å². The normalized spacial score (nSPS) is 12.4. The summed E-state index contributed by atoms with van der Waals surface area (Å²) in [6, 6.07) is 16.4. The third-order valence-electron chi connectivity index (χ3n) is 5.21. The number of ether oxygens (including phenoxy) is 2. The van der Waals surface area contributed by atoms with Gasteiger partial charge in [0.25, 0.3) is 0 Å². The van der Waals surface area contributed by atoms with Gasteiger partial charge in [0, 0.05) is 38.3 Å². The van der Waals surface area contributed by atoms with Crippen molar-refractivity contribution in [1.82, 2.24) is 14.8 Å². The number of nitrogens with zero attached hydrogens (tertiary/aromatic N) is 4. The molecule has 2 heterocycles. The van der Waals surface area contributed by atoms with Crippen LogP contribution in [0.25, 0.3) is 16.7 Å². The summed E-state index contributed by atoms with van der Waals surface area (Å²) < 4.78 is 14.6. The molecule has 0 bridgehead atoms. The summed E-state index contributed by atoms with van der Waals surface area (Å²) in [5, 5.41) is 28.5. The lowest BCUT2D eigenvalue weighted by molar-refractivity contribution is -0.152. The Morgan fingerprint density at radius 3 is 2.46 bits per heavy atom. The zero-order valence-corrected chi connectivity index (χ0v) is 23.9. The molecule has 2 aromatic carbocycles. The van der Waals surface area contributed by atoms with Crippen molar-refractivity contribution in [2.24, 2.45) is 0 Å². The smallest absolute Gasteiger partial charge is 0.327 e. The molecule has 206 valence electrons. The molecule has 0 amide bonds. The van der Waals surface area contributed by atoms with Crippen LogP contribution in [-0.2, 0) is 9.53 Å². The molecule has 0 saturated carbocycles. The number of hydrogen-bond acceptors (Lipinski definition) is 9. The van der Waals surface area contributed by atoms with Crippen LogP contribution >= 0.6 is 35.1 Å². The third-order valence-corrected chi connectivity index (χ3v) is 6.66. The molecule has 2 N–H and O–H groups in total. The van der Waals surface area contributed by atoms with Gasteiger partial charge in [0.05, 0.1) is 12.1 Å². The first-order chi connectivity index (χ1) is 18.5. The minimum absolute atomic E-state index is 0.00377. The van der Waals surface area contributed by atoms with E-state index < -0.39 is 18.3 Å². The van der Waals surface area contributed by atoms with E-state index in [1.54, 1.807) is 30.3 Å². The first kappa shape index (κ1) is 29.0. The maximum absolute atomic E-state index is 12.8. The van der Waals surface area contributed by atoms with E-state index >= 15 is 0 Å². The highest BCUT2D eigenvalue weighted by atomic mass is 35.5. The number of hydrogen-bond donors (Lipinski definition) is 2. The Kier molecular flexibility index (Phi) is 9.24. The minimum atomic E-state index is -0.988. The van der Waals surface area contributed by atoms with Gasteiger partial charge in [0.15, 0.2) is 5.82 Å². The lowest BCUT2D eigenvalue weighted by Crippen LogP contribution is -2.31. The Morgan fingerprint density at radius 1 is 1.08 bits per heavy atom. The average molecular weight is 592 g/mol. The fraction of sp³-hybridized carbons (Fsp3) is 0.296. The van der Waals surface area contributed by atoms with Gasteiger partial charge in [0.2, 0.25) is 5.88 Å². The summed E-state index contributed by atoms with van der Waals surface area (Å²) in [6.07, 6.45) is 0.884. The van der Waals surface area contributed by atoms with Crippen LogP contribution in [-0.4, -0.2) is 62.4 Å². The first-order valence-electron chi connectivity index (χ1n) is 12.0. The Morgan fingerprint density at radius 2 is 1.82 bits per heavy atom. The number of anilines is 1. The van der Waals surface area contributed by atoms with Gasteiger partial charge in [-0.1, -0.05) is 23.2 Å². The number of rotatable bonds is 10. The lowest BCUT2D eigenvalue weighted by atomic mass is 10.2. The van der Waals surface area contributed by atoms with Gasteiger partial charge < -0.3 is 24.0 Å². The fourth-order valence-corrected chi connectivity index (χ4v) is 5.27. The summed E-state index contributed by atoms with van der Waals surface area (Å²) in [5.41, 5.74) is 1.05. The number of aliphatic hydroxyl groups excluding tert-OH is 2. The summed E-state index contributed by atoms with van der Waals surface area (Å²) >= 11 is 13.8. The standard InChI is InChI=1S/C27H28Cl2N4O5S/c1-27(2,3)38-26(36)14-33(39-22-12-18(28)11-19(29)13-22)20-4-5-23-17(10-20)8-9-32(23)24-6-7-25(31-30-24)37-16-21(35)15-34/h4-13,21,34-35H,14-16H2,1-3H3. The molecule has 0 saturated heterocycles. The molecular formula is C27H28Cl2N4O5S. The number of aromatic nitrogens is 3. The maximum atomic E-state index is 12.8. The second kappa shape index (κ2) is 12.4. The largest absolute Gasteiger partial charge is 0.474 e. The quantitative estimate of drug-likeness (QED) is 0.187. The van der Waals surface area contributed by atoms with E-state index in [0.29, 0.717) is 15.9 Å². The summed E-state index contributed by atoms with van der Waals surface area (Å²) in [6.45, 7) is 4.99. The molecule has 12 heteroatoms. The zero-order chi connectivity index (χ0) is 28.2. The van der Waals surface area contributed by atoms with Crippen LogP contribution in [0.1, 0.15) is 20.8 Å². The molecule has 0 fully saturated rings. The van der Waals surface area contributed by atoms with Crippen LogP contribution in [0.5, 0.6) is 5.88 Å². The van der Waals surface area contributed by atoms with Crippen molar-refractivity contribution in [2.75, 3.05) is 24.1 Å². The SMILES string of the molecule is CC(C)(C)OC(=O)CN(Sc1cc(Cl)cc(Cl)c1)c1ccc2c(ccn2-c2ccc(OCC(O)CO)nn2)c1. The van der Waals surface area contributed by atoms with E-state index in [4.69, 9.17) is 37.8 Å². The highest BCUT2D eigenvalue weighted by molar-refractivity contribution is 8.00. The van der Waals surface area contributed by atoms with Gasteiger partial charge in [-0.2, -0.15) is 0 Å². The van der Waals surface area contributed by atoms with Crippen LogP contribution in [0.4, 0.5) is 5.69 Å². The number of carbonyl (C=O) groups excluding carboxylic acids is 1. The van der Waals surface area contributed by atoms with Crippen LogP contribution < -0.4 is 9.04 Å². The second-order valence-corrected chi connectivity index (χ2v) is 11.6. The Balaban J connectivity index is 1.60. The first-order valence-corrected chi connectivity index (χ1v) is 13.5. The van der Waals surface area contributed by atoms with Crippen molar-refractivity contribution in [2.45, 2.75) is 37.4 Å². The molecule has 0 radical (unpaired) electrons. The second-order valence-electron chi connectivity index (χ2n) is 9.63. The zero-order valence-electron chi connectivity index (χ0n) is 21.5. The van der Waals surface area contributed by atoms with Gasteiger partial charge in [0.1, 0.15) is 24.9 Å². The Hall–Kier alpha value is -3.02. The molecule has 0 aliphatic rings. The summed E-state index contributed by atoms with van der Waals surface area (Å²) in [5.74, 6) is 0.437. The molecule has 0 spiro atoms. The number of benzene rings is 2. The van der Waals surface area contributed by atoms with Crippen LogP contribution in [0.2, 0.25) is 10.0 Å². The molecule has 1 atom stereocenters. The predicted molar refractivity (Wildman–Crippen MR) is 153 cm³/mol. The molecule has 1 unspecified atom stereocenters. The number of esters is 1. The van der Waals surface area contributed by atoms with Crippen LogP contribution in [0.15, 0.2) is 65.7 Å². The van der Waals surface area contributed by atoms with E-state index in [1.807, 2.05) is 60.1 Å². The average Bonchev–Trinajstić information content (AvgIpc) is 3.29.